The van der Waals surface area contributed by atoms with Crippen LogP contribution in [0.2, 0.25) is 0 Å². The molecule has 2 atom stereocenters. The highest BCUT2D eigenvalue weighted by Crippen LogP contribution is 2.36. The second-order valence-corrected chi connectivity index (χ2v) is 6.69. The Hall–Kier alpha value is -0.930. The lowest BCUT2D eigenvalue weighted by atomic mass is 9.72. The van der Waals surface area contributed by atoms with Crippen molar-refractivity contribution in [1.29, 1.82) is 0 Å². The van der Waals surface area contributed by atoms with Gasteiger partial charge in [-0.2, -0.15) is 0 Å². The SMILES string of the molecule is CN(CCc1ccccn1)C1CC(C)(C)CCC1N. The molecular weight excluding hydrogens is 234 g/mol. The van der Waals surface area contributed by atoms with Gasteiger partial charge in [-0.05, 0) is 43.9 Å². The summed E-state index contributed by atoms with van der Waals surface area (Å²) in [6, 6.07) is 6.94. The molecule has 2 rings (SSSR count). The fourth-order valence-corrected chi connectivity index (χ4v) is 3.05. The highest BCUT2D eigenvalue weighted by atomic mass is 15.1. The standard InChI is InChI=1S/C16H27N3/c1-16(2)9-7-14(17)15(12-16)19(3)11-8-13-6-4-5-10-18-13/h4-6,10,14-15H,7-9,11-12,17H2,1-3H3. The monoisotopic (exact) mass is 261 g/mol. The highest BCUT2D eigenvalue weighted by Gasteiger charge is 2.34. The van der Waals surface area contributed by atoms with Gasteiger partial charge in [-0.3, -0.25) is 4.98 Å². The summed E-state index contributed by atoms with van der Waals surface area (Å²) in [4.78, 5) is 6.82. The fourth-order valence-electron chi connectivity index (χ4n) is 3.05. The normalized spacial score (nSPS) is 26.6. The van der Waals surface area contributed by atoms with E-state index >= 15 is 0 Å². The Labute approximate surface area is 117 Å². The molecular formula is C16H27N3. The van der Waals surface area contributed by atoms with Crippen molar-refractivity contribution in [3.63, 3.8) is 0 Å². The van der Waals surface area contributed by atoms with Crippen LogP contribution < -0.4 is 5.73 Å². The maximum atomic E-state index is 6.31. The van der Waals surface area contributed by atoms with Crippen molar-refractivity contribution in [2.75, 3.05) is 13.6 Å². The van der Waals surface area contributed by atoms with Crippen LogP contribution in [-0.2, 0) is 6.42 Å². The van der Waals surface area contributed by atoms with Gasteiger partial charge in [0.1, 0.15) is 0 Å². The Morgan fingerprint density at radius 3 is 2.89 bits per heavy atom. The van der Waals surface area contributed by atoms with E-state index in [-0.39, 0.29) is 0 Å². The van der Waals surface area contributed by atoms with Crippen molar-refractivity contribution in [3.8, 4) is 0 Å². The molecule has 0 aromatic carbocycles. The summed E-state index contributed by atoms with van der Waals surface area (Å²) in [6.45, 7) is 5.75. The first-order valence-corrected chi connectivity index (χ1v) is 7.34. The first-order valence-electron chi connectivity index (χ1n) is 7.34. The van der Waals surface area contributed by atoms with Crippen LogP contribution in [0.3, 0.4) is 0 Å². The van der Waals surface area contributed by atoms with Gasteiger partial charge in [-0.15, -0.1) is 0 Å². The molecule has 0 bridgehead atoms. The predicted octanol–water partition coefficient (Wildman–Crippen LogP) is 2.46. The third-order valence-electron chi connectivity index (χ3n) is 4.42. The Balaban J connectivity index is 1.90. The molecule has 2 unspecified atom stereocenters. The fraction of sp³-hybridized carbons (Fsp3) is 0.688. The molecule has 0 saturated heterocycles. The summed E-state index contributed by atoms with van der Waals surface area (Å²) in [5.74, 6) is 0. The summed E-state index contributed by atoms with van der Waals surface area (Å²) in [7, 11) is 2.20. The molecule has 0 radical (unpaired) electrons. The van der Waals surface area contributed by atoms with Crippen molar-refractivity contribution < 1.29 is 0 Å². The molecule has 3 heteroatoms. The minimum Gasteiger partial charge on any atom is -0.326 e. The number of rotatable bonds is 4. The van der Waals surface area contributed by atoms with Gasteiger partial charge in [-0.25, -0.2) is 0 Å². The zero-order chi connectivity index (χ0) is 13.9. The van der Waals surface area contributed by atoms with E-state index in [1.54, 1.807) is 0 Å². The van der Waals surface area contributed by atoms with E-state index in [2.05, 4.69) is 42.9 Å². The zero-order valence-electron chi connectivity index (χ0n) is 12.5. The largest absolute Gasteiger partial charge is 0.326 e. The highest BCUT2D eigenvalue weighted by molar-refractivity contribution is 5.04. The van der Waals surface area contributed by atoms with Gasteiger partial charge in [0, 0.05) is 36.9 Å². The number of hydrogen-bond acceptors (Lipinski definition) is 3. The Kier molecular flexibility index (Phi) is 4.58. The van der Waals surface area contributed by atoms with Crippen LogP contribution in [0.4, 0.5) is 0 Å². The second-order valence-electron chi connectivity index (χ2n) is 6.69. The summed E-state index contributed by atoms with van der Waals surface area (Å²) in [6.07, 6.45) is 6.46. The maximum absolute atomic E-state index is 6.31. The van der Waals surface area contributed by atoms with Crippen LogP contribution in [0.25, 0.3) is 0 Å². The molecule has 0 aliphatic heterocycles. The molecule has 1 fully saturated rings. The zero-order valence-corrected chi connectivity index (χ0v) is 12.5. The van der Waals surface area contributed by atoms with E-state index in [1.165, 1.54) is 12.8 Å². The molecule has 1 aromatic rings. The van der Waals surface area contributed by atoms with Gasteiger partial charge in [0.2, 0.25) is 0 Å². The van der Waals surface area contributed by atoms with Crippen molar-refractivity contribution in [2.24, 2.45) is 11.1 Å². The Morgan fingerprint density at radius 2 is 2.21 bits per heavy atom. The molecule has 19 heavy (non-hydrogen) atoms. The first kappa shape index (κ1) is 14.5. The lowest BCUT2D eigenvalue weighted by Gasteiger charge is -2.43. The van der Waals surface area contributed by atoms with E-state index < -0.39 is 0 Å². The van der Waals surface area contributed by atoms with Crippen LogP contribution in [0.5, 0.6) is 0 Å². The summed E-state index contributed by atoms with van der Waals surface area (Å²) >= 11 is 0. The summed E-state index contributed by atoms with van der Waals surface area (Å²) in [5.41, 5.74) is 7.91. The topological polar surface area (TPSA) is 42.2 Å². The molecule has 2 N–H and O–H groups in total. The van der Waals surface area contributed by atoms with Crippen LogP contribution in [0.1, 0.15) is 38.8 Å². The lowest BCUT2D eigenvalue weighted by Crippen LogP contribution is -2.52. The van der Waals surface area contributed by atoms with Gasteiger partial charge >= 0.3 is 0 Å². The molecule has 3 nitrogen and oxygen atoms in total. The van der Waals surface area contributed by atoms with E-state index in [4.69, 9.17) is 5.73 Å². The van der Waals surface area contributed by atoms with Crippen LogP contribution in [0.15, 0.2) is 24.4 Å². The molecule has 1 aliphatic rings. The number of pyridine rings is 1. The number of nitrogens with zero attached hydrogens (tertiary/aromatic N) is 2. The van der Waals surface area contributed by atoms with Crippen LogP contribution in [-0.4, -0.2) is 35.6 Å². The minimum atomic E-state index is 0.321. The van der Waals surface area contributed by atoms with Crippen molar-refractivity contribution >= 4 is 0 Å². The third-order valence-corrected chi connectivity index (χ3v) is 4.42. The van der Waals surface area contributed by atoms with E-state index in [1.807, 2.05) is 12.3 Å². The molecule has 1 saturated carbocycles. The Morgan fingerprint density at radius 1 is 1.42 bits per heavy atom. The average Bonchev–Trinajstić information content (AvgIpc) is 2.40. The lowest BCUT2D eigenvalue weighted by molar-refractivity contribution is 0.0969. The van der Waals surface area contributed by atoms with Gasteiger partial charge in [0.05, 0.1) is 0 Å². The number of likely N-dealkylation sites (N-methyl/N-ethyl adjacent to an activating group) is 1. The predicted molar refractivity (Wildman–Crippen MR) is 80.0 cm³/mol. The average molecular weight is 261 g/mol. The van der Waals surface area contributed by atoms with E-state index in [0.717, 1.165) is 25.1 Å². The van der Waals surface area contributed by atoms with Gasteiger partial charge in [0.25, 0.3) is 0 Å². The minimum absolute atomic E-state index is 0.321. The van der Waals surface area contributed by atoms with Crippen molar-refractivity contribution in [1.82, 2.24) is 9.88 Å². The summed E-state index contributed by atoms with van der Waals surface area (Å²) < 4.78 is 0. The quantitative estimate of drug-likeness (QED) is 0.905. The number of hydrogen-bond donors (Lipinski definition) is 1. The van der Waals surface area contributed by atoms with E-state index in [9.17, 15) is 0 Å². The summed E-state index contributed by atoms with van der Waals surface area (Å²) in [5, 5.41) is 0. The van der Waals surface area contributed by atoms with Gasteiger partial charge < -0.3 is 10.6 Å². The second kappa shape index (κ2) is 6.02. The molecule has 106 valence electrons. The molecule has 0 spiro atoms. The van der Waals surface area contributed by atoms with Crippen LogP contribution >= 0.6 is 0 Å². The Bertz CT molecular complexity index is 388. The van der Waals surface area contributed by atoms with Gasteiger partial charge in [-0.1, -0.05) is 19.9 Å². The maximum Gasteiger partial charge on any atom is 0.0416 e. The first-order chi connectivity index (χ1) is 8.98. The molecule has 1 aromatic heterocycles. The van der Waals surface area contributed by atoms with Crippen molar-refractivity contribution in [2.45, 2.75) is 51.6 Å². The van der Waals surface area contributed by atoms with E-state index in [0.29, 0.717) is 17.5 Å². The van der Waals surface area contributed by atoms with Crippen LogP contribution in [0, 0.1) is 5.41 Å². The molecule has 1 heterocycles. The molecule has 1 aliphatic carbocycles. The smallest absolute Gasteiger partial charge is 0.0416 e. The third kappa shape index (κ3) is 4.02. The molecule has 0 amide bonds. The van der Waals surface area contributed by atoms with Crippen molar-refractivity contribution in [3.05, 3.63) is 30.1 Å². The van der Waals surface area contributed by atoms with Gasteiger partial charge in [0.15, 0.2) is 0 Å². The number of nitrogens with two attached hydrogens (primary N) is 1. The number of aromatic nitrogens is 1.